The molecule has 0 fully saturated rings. The van der Waals surface area contributed by atoms with Crippen LogP contribution in [0.1, 0.15) is 11.1 Å². The molecule has 0 radical (unpaired) electrons. The first kappa shape index (κ1) is 13.5. The van der Waals surface area contributed by atoms with E-state index in [0.29, 0.717) is 17.9 Å². The second-order valence-corrected chi connectivity index (χ2v) is 4.22. The molecule has 0 aliphatic carbocycles. The lowest BCUT2D eigenvalue weighted by atomic mass is 10.1. The van der Waals surface area contributed by atoms with Gasteiger partial charge in [0.1, 0.15) is 12.4 Å². The predicted octanol–water partition coefficient (Wildman–Crippen LogP) is 3.05. The van der Waals surface area contributed by atoms with Crippen LogP contribution in [0.3, 0.4) is 0 Å². The van der Waals surface area contributed by atoms with Gasteiger partial charge in [-0.3, -0.25) is 0 Å². The Labute approximate surface area is 110 Å². The smallest absolute Gasteiger partial charge is 0.159 e. The van der Waals surface area contributed by atoms with Gasteiger partial charge in [0, 0.05) is 0 Å². The molecule has 0 bridgehead atoms. The van der Waals surface area contributed by atoms with Crippen LogP contribution >= 0.6 is 0 Å². The summed E-state index contributed by atoms with van der Waals surface area (Å²) >= 11 is 0. The van der Waals surface area contributed by atoms with E-state index in [1.165, 1.54) is 6.07 Å². The highest BCUT2D eigenvalue weighted by molar-refractivity contribution is 5.29. The number of rotatable bonds is 5. The van der Waals surface area contributed by atoms with E-state index in [2.05, 4.69) is 0 Å². The molecule has 2 nitrogen and oxygen atoms in total. The van der Waals surface area contributed by atoms with Gasteiger partial charge in [-0.15, -0.1) is 0 Å². The van der Waals surface area contributed by atoms with E-state index in [9.17, 15) is 8.78 Å². The fraction of sp³-hybridized carbons (Fsp3) is 0.200. The van der Waals surface area contributed by atoms with Gasteiger partial charge in [-0.2, -0.15) is 0 Å². The Balaban J connectivity index is 2.01. The Hall–Kier alpha value is -1.94. The van der Waals surface area contributed by atoms with Crippen LogP contribution in [0.4, 0.5) is 8.78 Å². The van der Waals surface area contributed by atoms with Crippen LogP contribution in [0, 0.1) is 11.6 Å². The quantitative estimate of drug-likeness (QED) is 0.899. The third-order valence-electron chi connectivity index (χ3n) is 2.72. The van der Waals surface area contributed by atoms with Gasteiger partial charge < -0.3 is 10.5 Å². The standard InChI is InChI=1S/C15H15F2NO/c16-14-5-4-12(9-15(14)17)10-19-13-3-1-2-11(8-13)6-7-18/h1-5,8-9H,6-7,10,18H2. The molecule has 0 amide bonds. The predicted molar refractivity (Wildman–Crippen MR) is 69.9 cm³/mol. The van der Waals surface area contributed by atoms with Crippen LogP contribution < -0.4 is 10.5 Å². The highest BCUT2D eigenvalue weighted by atomic mass is 19.2. The Morgan fingerprint density at radius 3 is 2.53 bits per heavy atom. The Bertz CT molecular complexity index is 558. The molecular weight excluding hydrogens is 248 g/mol. The minimum absolute atomic E-state index is 0.198. The summed E-state index contributed by atoms with van der Waals surface area (Å²) in [6, 6.07) is 11.3. The number of benzene rings is 2. The SMILES string of the molecule is NCCc1cccc(OCc2ccc(F)c(F)c2)c1. The van der Waals surface area contributed by atoms with E-state index in [-0.39, 0.29) is 6.61 Å². The molecule has 0 aromatic heterocycles. The fourth-order valence-electron chi connectivity index (χ4n) is 1.75. The van der Waals surface area contributed by atoms with Crippen molar-refractivity contribution in [3.8, 4) is 5.75 Å². The van der Waals surface area contributed by atoms with Crippen LogP contribution in [-0.4, -0.2) is 6.54 Å². The lowest BCUT2D eigenvalue weighted by Crippen LogP contribution is -2.03. The Morgan fingerprint density at radius 2 is 1.79 bits per heavy atom. The van der Waals surface area contributed by atoms with E-state index >= 15 is 0 Å². The third kappa shape index (κ3) is 3.76. The minimum atomic E-state index is -0.863. The molecule has 0 atom stereocenters. The van der Waals surface area contributed by atoms with Crippen molar-refractivity contribution in [1.29, 1.82) is 0 Å². The van der Waals surface area contributed by atoms with Crippen molar-refractivity contribution in [3.63, 3.8) is 0 Å². The van der Waals surface area contributed by atoms with Crippen molar-refractivity contribution in [2.45, 2.75) is 13.0 Å². The number of ether oxygens (including phenoxy) is 1. The molecule has 0 saturated heterocycles. The zero-order chi connectivity index (χ0) is 13.7. The van der Waals surface area contributed by atoms with Crippen molar-refractivity contribution in [3.05, 3.63) is 65.2 Å². The third-order valence-corrected chi connectivity index (χ3v) is 2.72. The molecular formula is C15H15F2NO. The van der Waals surface area contributed by atoms with Gasteiger partial charge >= 0.3 is 0 Å². The molecule has 0 aliphatic heterocycles. The Morgan fingerprint density at radius 1 is 0.947 bits per heavy atom. The van der Waals surface area contributed by atoms with E-state index in [4.69, 9.17) is 10.5 Å². The number of hydrogen-bond donors (Lipinski definition) is 1. The maximum atomic E-state index is 13.0. The van der Waals surface area contributed by atoms with Crippen LogP contribution in [0.15, 0.2) is 42.5 Å². The molecule has 2 aromatic carbocycles. The number of hydrogen-bond acceptors (Lipinski definition) is 2. The molecule has 2 N–H and O–H groups in total. The molecule has 2 rings (SSSR count). The molecule has 4 heteroatoms. The molecule has 100 valence electrons. The first-order valence-electron chi connectivity index (χ1n) is 6.05. The van der Waals surface area contributed by atoms with Crippen molar-refractivity contribution in [2.75, 3.05) is 6.54 Å². The lowest BCUT2D eigenvalue weighted by molar-refractivity contribution is 0.305. The van der Waals surface area contributed by atoms with Crippen molar-refractivity contribution < 1.29 is 13.5 Å². The zero-order valence-corrected chi connectivity index (χ0v) is 10.4. The molecule has 2 aromatic rings. The molecule has 0 saturated carbocycles. The van der Waals surface area contributed by atoms with Crippen molar-refractivity contribution in [1.82, 2.24) is 0 Å². The monoisotopic (exact) mass is 263 g/mol. The summed E-state index contributed by atoms with van der Waals surface area (Å²) in [5, 5.41) is 0. The maximum absolute atomic E-state index is 13.0. The Kier molecular flexibility index (Phi) is 4.47. The number of nitrogens with two attached hydrogens (primary N) is 1. The van der Waals surface area contributed by atoms with Crippen LogP contribution in [0.5, 0.6) is 5.75 Å². The summed E-state index contributed by atoms with van der Waals surface area (Å²) in [5.74, 6) is -1.03. The van der Waals surface area contributed by atoms with Gasteiger partial charge in [0.25, 0.3) is 0 Å². The van der Waals surface area contributed by atoms with Gasteiger partial charge in [0.15, 0.2) is 11.6 Å². The van der Waals surface area contributed by atoms with Gasteiger partial charge in [-0.1, -0.05) is 18.2 Å². The van der Waals surface area contributed by atoms with Crippen LogP contribution in [-0.2, 0) is 13.0 Å². The molecule has 0 unspecified atom stereocenters. The number of halogens is 2. The topological polar surface area (TPSA) is 35.2 Å². The molecule has 0 spiro atoms. The van der Waals surface area contributed by atoms with Gasteiger partial charge in [-0.25, -0.2) is 8.78 Å². The average Bonchev–Trinajstić information content (AvgIpc) is 2.41. The summed E-state index contributed by atoms with van der Waals surface area (Å²) in [7, 11) is 0. The summed E-state index contributed by atoms with van der Waals surface area (Å²) in [6.45, 7) is 0.774. The minimum Gasteiger partial charge on any atom is -0.489 e. The second-order valence-electron chi connectivity index (χ2n) is 4.22. The van der Waals surface area contributed by atoms with Gasteiger partial charge in [0.05, 0.1) is 0 Å². The summed E-state index contributed by atoms with van der Waals surface area (Å²) in [4.78, 5) is 0. The van der Waals surface area contributed by atoms with Crippen LogP contribution in [0.2, 0.25) is 0 Å². The van der Waals surface area contributed by atoms with Gasteiger partial charge in [-0.05, 0) is 48.4 Å². The fourth-order valence-corrected chi connectivity index (χ4v) is 1.75. The second kappa shape index (κ2) is 6.29. The first-order chi connectivity index (χ1) is 9.19. The van der Waals surface area contributed by atoms with E-state index in [0.717, 1.165) is 24.1 Å². The largest absolute Gasteiger partial charge is 0.489 e. The maximum Gasteiger partial charge on any atom is 0.159 e. The summed E-state index contributed by atoms with van der Waals surface area (Å²) in [5.41, 5.74) is 7.16. The van der Waals surface area contributed by atoms with E-state index in [1.54, 1.807) is 0 Å². The van der Waals surface area contributed by atoms with Crippen LogP contribution in [0.25, 0.3) is 0 Å². The average molecular weight is 263 g/mol. The lowest BCUT2D eigenvalue weighted by Gasteiger charge is -2.08. The van der Waals surface area contributed by atoms with Crippen molar-refractivity contribution in [2.24, 2.45) is 5.73 Å². The zero-order valence-electron chi connectivity index (χ0n) is 10.4. The molecule has 0 heterocycles. The van der Waals surface area contributed by atoms with Gasteiger partial charge in [0.2, 0.25) is 0 Å². The molecule has 0 aliphatic rings. The summed E-state index contributed by atoms with van der Waals surface area (Å²) < 4.78 is 31.3. The highest BCUT2D eigenvalue weighted by Gasteiger charge is 2.03. The normalized spacial score (nSPS) is 10.5. The van der Waals surface area contributed by atoms with E-state index in [1.807, 2.05) is 24.3 Å². The van der Waals surface area contributed by atoms with Crippen molar-refractivity contribution >= 4 is 0 Å². The van der Waals surface area contributed by atoms with E-state index < -0.39 is 11.6 Å². The highest BCUT2D eigenvalue weighted by Crippen LogP contribution is 2.16. The first-order valence-corrected chi connectivity index (χ1v) is 6.05. The summed E-state index contributed by atoms with van der Waals surface area (Å²) in [6.07, 6.45) is 0.780. The molecule has 19 heavy (non-hydrogen) atoms.